The molecule has 0 spiro atoms. The molecule has 1 aliphatic rings. The normalized spacial score (nSPS) is 16.0. The zero-order chi connectivity index (χ0) is 14.8. The fourth-order valence-corrected chi connectivity index (χ4v) is 3.47. The third-order valence-electron chi connectivity index (χ3n) is 4.07. The van der Waals surface area contributed by atoms with Gasteiger partial charge in [-0.1, -0.05) is 41.3 Å². The number of halogens is 1. The maximum atomic E-state index is 12.5. The Balaban J connectivity index is 1.92. The van der Waals surface area contributed by atoms with Crippen LogP contribution in [0.4, 0.5) is 5.69 Å². The molecule has 1 saturated carbocycles. The van der Waals surface area contributed by atoms with Crippen molar-refractivity contribution in [2.45, 2.75) is 38.1 Å². The minimum Gasteiger partial charge on any atom is -0.396 e. The summed E-state index contributed by atoms with van der Waals surface area (Å²) in [6.45, 7) is 0. The van der Waals surface area contributed by atoms with Gasteiger partial charge >= 0.3 is 0 Å². The van der Waals surface area contributed by atoms with Crippen LogP contribution in [-0.2, 0) is 0 Å². The molecule has 0 bridgehead atoms. The predicted molar refractivity (Wildman–Crippen MR) is 88.2 cm³/mol. The first kappa shape index (κ1) is 14.3. The molecular formula is C16H18BrN3O. The number of benzene rings is 1. The van der Waals surface area contributed by atoms with E-state index in [9.17, 15) is 4.79 Å². The molecule has 5 heteroatoms. The number of anilines is 1. The maximum absolute atomic E-state index is 12.5. The number of pyridine rings is 1. The topological polar surface area (TPSA) is 68.0 Å². The molecule has 1 aromatic carbocycles. The first-order chi connectivity index (χ1) is 10.2. The number of hydrogen-bond donors (Lipinski definition) is 2. The molecule has 1 fully saturated rings. The number of aromatic nitrogens is 1. The lowest BCUT2D eigenvalue weighted by Gasteiger charge is -2.23. The number of nitrogens with one attached hydrogen (secondary N) is 1. The van der Waals surface area contributed by atoms with Gasteiger partial charge in [-0.2, -0.15) is 0 Å². The maximum Gasteiger partial charge on any atom is 0.253 e. The summed E-state index contributed by atoms with van der Waals surface area (Å²) in [7, 11) is 0. The number of carbonyl (C=O) groups excluding carboxylic acids is 1. The number of amides is 1. The van der Waals surface area contributed by atoms with Crippen molar-refractivity contribution in [2.24, 2.45) is 0 Å². The fourth-order valence-electron chi connectivity index (χ4n) is 2.92. The number of nitrogen functional groups attached to an aromatic ring is 1. The summed E-state index contributed by atoms with van der Waals surface area (Å²) in [5, 5.41) is 4.02. The minimum atomic E-state index is -0.104. The van der Waals surface area contributed by atoms with E-state index >= 15 is 0 Å². The highest BCUT2D eigenvalue weighted by Crippen LogP contribution is 2.30. The molecule has 0 aliphatic heterocycles. The second-order valence-corrected chi connectivity index (χ2v) is 6.38. The van der Waals surface area contributed by atoms with Gasteiger partial charge in [0, 0.05) is 22.1 Å². The Morgan fingerprint density at radius 2 is 2.10 bits per heavy atom. The zero-order valence-electron chi connectivity index (χ0n) is 11.7. The Morgan fingerprint density at radius 3 is 2.86 bits per heavy atom. The zero-order valence-corrected chi connectivity index (χ0v) is 13.3. The molecule has 4 nitrogen and oxygen atoms in total. The standard InChI is InChI=1S/C16H18BrN3O/c17-13-9-12(14(18)15-11(13)7-4-8-19-15)16(21)20-10-5-2-1-3-6-10/h4,7-10H,1-3,5-6,18H2,(H,20,21). The van der Waals surface area contributed by atoms with Gasteiger partial charge in [-0.05, 0) is 25.0 Å². The van der Waals surface area contributed by atoms with Gasteiger partial charge in [0.2, 0.25) is 0 Å². The van der Waals surface area contributed by atoms with Crippen LogP contribution < -0.4 is 11.1 Å². The molecule has 1 aromatic heterocycles. The lowest BCUT2D eigenvalue weighted by Crippen LogP contribution is -2.36. The van der Waals surface area contributed by atoms with Crippen LogP contribution in [0.2, 0.25) is 0 Å². The van der Waals surface area contributed by atoms with E-state index in [0.29, 0.717) is 16.8 Å². The van der Waals surface area contributed by atoms with Crippen molar-refractivity contribution < 1.29 is 4.79 Å². The van der Waals surface area contributed by atoms with Gasteiger partial charge in [-0.3, -0.25) is 9.78 Å². The molecule has 21 heavy (non-hydrogen) atoms. The monoisotopic (exact) mass is 347 g/mol. The van der Waals surface area contributed by atoms with E-state index in [1.54, 1.807) is 12.3 Å². The number of nitrogens with zero attached hydrogens (tertiary/aromatic N) is 1. The summed E-state index contributed by atoms with van der Waals surface area (Å²) in [6.07, 6.45) is 7.43. The molecule has 1 heterocycles. The Hall–Kier alpha value is -1.62. The second-order valence-electron chi connectivity index (χ2n) is 5.53. The Kier molecular flexibility index (Phi) is 4.10. The summed E-state index contributed by atoms with van der Waals surface area (Å²) >= 11 is 3.50. The van der Waals surface area contributed by atoms with Crippen molar-refractivity contribution in [2.75, 3.05) is 5.73 Å². The lowest BCUT2D eigenvalue weighted by atomic mass is 9.95. The number of fused-ring (bicyclic) bond motifs is 1. The first-order valence-corrected chi connectivity index (χ1v) is 8.09. The minimum absolute atomic E-state index is 0.104. The Bertz CT molecular complexity index is 681. The Labute approximate surface area is 132 Å². The van der Waals surface area contributed by atoms with E-state index in [4.69, 9.17) is 5.73 Å². The van der Waals surface area contributed by atoms with Crippen LogP contribution >= 0.6 is 15.9 Å². The molecule has 1 amide bonds. The van der Waals surface area contributed by atoms with Gasteiger partial charge in [-0.25, -0.2) is 0 Å². The molecule has 0 radical (unpaired) electrons. The average molecular weight is 348 g/mol. The predicted octanol–water partition coefficient (Wildman–Crippen LogP) is 3.64. The van der Waals surface area contributed by atoms with Gasteiger partial charge in [0.05, 0.1) is 16.8 Å². The van der Waals surface area contributed by atoms with Crippen LogP contribution in [0.5, 0.6) is 0 Å². The van der Waals surface area contributed by atoms with Gasteiger partial charge in [-0.15, -0.1) is 0 Å². The summed E-state index contributed by atoms with van der Waals surface area (Å²) in [4.78, 5) is 16.8. The molecule has 3 rings (SSSR count). The second kappa shape index (κ2) is 6.02. The summed E-state index contributed by atoms with van der Waals surface area (Å²) < 4.78 is 0.841. The average Bonchev–Trinajstić information content (AvgIpc) is 2.52. The van der Waals surface area contributed by atoms with Crippen LogP contribution in [0.1, 0.15) is 42.5 Å². The highest BCUT2D eigenvalue weighted by molar-refractivity contribution is 9.10. The van der Waals surface area contributed by atoms with E-state index < -0.39 is 0 Å². The van der Waals surface area contributed by atoms with Gasteiger partial charge in [0.25, 0.3) is 5.91 Å². The molecule has 0 saturated heterocycles. The highest BCUT2D eigenvalue weighted by atomic mass is 79.9. The lowest BCUT2D eigenvalue weighted by molar-refractivity contribution is 0.0928. The molecule has 0 unspecified atom stereocenters. The quantitative estimate of drug-likeness (QED) is 0.814. The number of carbonyl (C=O) groups is 1. The van der Waals surface area contributed by atoms with Gasteiger partial charge in [0.1, 0.15) is 0 Å². The molecular weight excluding hydrogens is 330 g/mol. The first-order valence-electron chi connectivity index (χ1n) is 7.30. The number of nitrogens with two attached hydrogens (primary N) is 1. The van der Waals surface area contributed by atoms with Gasteiger partial charge in [0.15, 0.2) is 0 Å². The van der Waals surface area contributed by atoms with E-state index in [-0.39, 0.29) is 11.9 Å². The van der Waals surface area contributed by atoms with E-state index in [1.165, 1.54) is 19.3 Å². The SMILES string of the molecule is Nc1c(C(=O)NC2CCCCC2)cc(Br)c2cccnc12. The van der Waals surface area contributed by atoms with Crippen LogP contribution in [0.15, 0.2) is 28.9 Å². The van der Waals surface area contributed by atoms with Crippen LogP contribution in [0.25, 0.3) is 10.9 Å². The van der Waals surface area contributed by atoms with Crippen LogP contribution in [0, 0.1) is 0 Å². The number of rotatable bonds is 2. The van der Waals surface area contributed by atoms with Crippen LogP contribution in [-0.4, -0.2) is 16.9 Å². The van der Waals surface area contributed by atoms with Crippen molar-refractivity contribution in [3.05, 3.63) is 34.4 Å². The molecule has 110 valence electrons. The molecule has 3 N–H and O–H groups in total. The van der Waals surface area contributed by atoms with Crippen molar-refractivity contribution in [1.29, 1.82) is 0 Å². The summed E-state index contributed by atoms with van der Waals surface area (Å²) in [5.41, 5.74) is 7.76. The largest absolute Gasteiger partial charge is 0.396 e. The third kappa shape index (κ3) is 2.88. The van der Waals surface area contributed by atoms with Crippen molar-refractivity contribution in [3.63, 3.8) is 0 Å². The number of hydrogen-bond acceptors (Lipinski definition) is 3. The van der Waals surface area contributed by atoms with Crippen molar-refractivity contribution in [3.8, 4) is 0 Å². The fraction of sp³-hybridized carbons (Fsp3) is 0.375. The Morgan fingerprint density at radius 1 is 1.33 bits per heavy atom. The highest BCUT2D eigenvalue weighted by Gasteiger charge is 2.20. The van der Waals surface area contributed by atoms with E-state index in [1.807, 2.05) is 12.1 Å². The van der Waals surface area contributed by atoms with Gasteiger partial charge < -0.3 is 11.1 Å². The van der Waals surface area contributed by atoms with Crippen molar-refractivity contribution >= 4 is 38.4 Å². The van der Waals surface area contributed by atoms with Crippen LogP contribution in [0.3, 0.4) is 0 Å². The third-order valence-corrected chi connectivity index (χ3v) is 4.72. The van der Waals surface area contributed by atoms with E-state index in [0.717, 1.165) is 22.7 Å². The summed E-state index contributed by atoms with van der Waals surface area (Å²) in [6, 6.07) is 5.85. The molecule has 2 aromatic rings. The molecule has 1 aliphatic carbocycles. The van der Waals surface area contributed by atoms with Crippen molar-refractivity contribution in [1.82, 2.24) is 10.3 Å². The smallest absolute Gasteiger partial charge is 0.253 e. The summed E-state index contributed by atoms with van der Waals surface area (Å²) in [5.74, 6) is -0.104. The molecule has 0 atom stereocenters. The van der Waals surface area contributed by atoms with E-state index in [2.05, 4.69) is 26.2 Å².